The largest absolute Gasteiger partial charge is 0.490 e. The molecule has 21 heavy (non-hydrogen) atoms. The zero-order valence-corrected chi connectivity index (χ0v) is 13.2. The third-order valence-electron chi connectivity index (χ3n) is 3.02. The number of nitrogens with one attached hydrogen (secondary N) is 3. The van der Waals surface area contributed by atoms with Crippen molar-refractivity contribution in [3.63, 3.8) is 0 Å². The van der Waals surface area contributed by atoms with Gasteiger partial charge in [-0.15, -0.1) is 0 Å². The molecule has 0 fully saturated rings. The van der Waals surface area contributed by atoms with E-state index in [1.807, 2.05) is 20.8 Å². The molecule has 1 amide bonds. The molecule has 1 aromatic heterocycles. The van der Waals surface area contributed by atoms with Crippen molar-refractivity contribution in [1.82, 2.24) is 15.3 Å². The molecule has 0 bridgehead atoms. The van der Waals surface area contributed by atoms with Crippen LogP contribution in [0.3, 0.4) is 0 Å². The first kappa shape index (κ1) is 17.0. The molecule has 7 heteroatoms. The predicted octanol–water partition coefficient (Wildman–Crippen LogP) is 1.63. The van der Waals surface area contributed by atoms with Gasteiger partial charge in [0.15, 0.2) is 11.6 Å². The zero-order chi connectivity index (χ0) is 15.7. The number of nitrogens with zero attached hydrogens (tertiary/aromatic N) is 2. The average molecular weight is 295 g/mol. The van der Waals surface area contributed by atoms with E-state index < -0.39 is 0 Å². The van der Waals surface area contributed by atoms with Gasteiger partial charge in [0.1, 0.15) is 6.33 Å². The van der Waals surface area contributed by atoms with Gasteiger partial charge < -0.3 is 20.7 Å². The molecule has 0 spiro atoms. The molecule has 1 heterocycles. The number of hydrogen-bond donors (Lipinski definition) is 3. The summed E-state index contributed by atoms with van der Waals surface area (Å²) in [4.78, 5) is 20.0. The van der Waals surface area contributed by atoms with E-state index in [-0.39, 0.29) is 11.9 Å². The summed E-state index contributed by atoms with van der Waals surface area (Å²) in [5.41, 5.74) is 0. The molecule has 0 aliphatic heterocycles. The Hall–Kier alpha value is -2.05. The fourth-order valence-electron chi connectivity index (χ4n) is 1.73. The maximum Gasteiger partial charge on any atom is 0.221 e. The molecule has 1 aromatic rings. The van der Waals surface area contributed by atoms with E-state index in [4.69, 9.17) is 4.74 Å². The van der Waals surface area contributed by atoms with E-state index in [1.165, 1.54) is 6.33 Å². The number of rotatable bonds is 9. The summed E-state index contributed by atoms with van der Waals surface area (Å²) in [6, 6.07) is 0.200. The molecule has 0 aliphatic carbocycles. The van der Waals surface area contributed by atoms with Crippen molar-refractivity contribution in [3.8, 4) is 5.75 Å². The monoisotopic (exact) mass is 295 g/mol. The molecular weight excluding hydrogens is 270 g/mol. The Morgan fingerprint density at radius 2 is 1.95 bits per heavy atom. The normalized spacial score (nSPS) is 11.6. The highest BCUT2D eigenvalue weighted by molar-refractivity contribution is 5.77. The lowest BCUT2D eigenvalue weighted by atomic mass is 10.2. The standard InChI is InChI=1S/C14H25N5O2/c1-5-10(3)19-11(20)7-8-16-14-12(21-4)13(15-6-2)17-9-18-14/h9-10H,5-8H2,1-4H3,(H,19,20)(H2,15,16,17,18). The van der Waals surface area contributed by atoms with Gasteiger partial charge in [-0.2, -0.15) is 0 Å². The second-order valence-electron chi connectivity index (χ2n) is 4.69. The lowest BCUT2D eigenvalue weighted by molar-refractivity contribution is -0.121. The second-order valence-corrected chi connectivity index (χ2v) is 4.69. The Balaban J connectivity index is 2.55. The predicted molar refractivity (Wildman–Crippen MR) is 83.8 cm³/mol. The summed E-state index contributed by atoms with van der Waals surface area (Å²) < 4.78 is 5.32. The van der Waals surface area contributed by atoms with Crippen molar-refractivity contribution in [3.05, 3.63) is 6.33 Å². The maximum absolute atomic E-state index is 11.7. The molecule has 0 saturated heterocycles. The minimum absolute atomic E-state index is 0.0248. The minimum atomic E-state index is 0.0248. The SMILES string of the molecule is CCNc1ncnc(NCCC(=O)NC(C)CC)c1OC. The van der Waals surface area contributed by atoms with Gasteiger partial charge in [-0.1, -0.05) is 6.92 Å². The third kappa shape index (κ3) is 5.45. The lowest BCUT2D eigenvalue weighted by Crippen LogP contribution is -2.33. The van der Waals surface area contributed by atoms with Crippen molar-refractivity contribution in [2.75, 3.05) is 30.8 Å². The molecule has 0 aliphatic rings. The molecule has 0 radical (unpaired) electrons. The molecule has 3 N–H and O–H groups in total. The minimum Gasteiger partial charge on any atom is -0.490 e. The highest BCUT2D eigenvalue weighted by atomic mass is 16.5. The number of carbonyl (C=O) groups excluding carboxylic acids is 1. The van der Waals surface area contributed by atoms with Crippen LogP contribution in [0.1, 0.15) is 33.6 Å². The summed E-state index contributed by atoms with van der Waals surface area (Å²) in [6.45, 7) is 7.23. The molecule has 1 rings (SSSR count). The Labute approximate surface area is 125 Å². The third-order valence-corrected chi connectivity index (χ3v) is 3.02. The van der Waals surface area contributed by atoms with Gasteiger partial charge in [-0.3, -0.25) is 4.79 Å². The molecular formula is C14H25N5O2. The fourth-order valence-corrected chi connectivity index (χ4v) is 1.73. The van der Waals surface area contributed by atoms with Gasteiger partial charge >= 0.3 is 0 Å². The molecule has 1 atom stereocenters. The van der Waals surface area contributed by atoms with Crippen LogP contribution in [-0.4, -0.2) is 42.1 Å². The van der Waals surface area contributed by atoms with Crippen LogP contribution in [0.15, 0.2) is 6.33 Å². The van der Waals surface area contributed by atoms with E-state index in [0.717, 1.165) is 13.0 Å². The van der Waals surface area contributed by atoms with Crippen LogP contribution in [-0.2, 0) is 4.79 Å². The summed E-state index contributed by atoms with van der Waals surface area (Å²) in [6.07, 6.45) is 2.76. The molecule has 118 valence electrons. The first-order chi connectivity index (χ1) is 10.1. The van der Waals surface area contributed by atoms with E-state index in [1.54, 1.807) is 7.11 Å². The van der Waals surface area contributed by atoms with Crippen LogP contribution in [0.2, 0.25) is 0 Å². The number of ether oxygens (including phenoxy) is 1. The van der Waals surface area contributed by atoms with Crippen molar-refractivity contribution < 1.29 is 9.53 Å². The first-order valence-electron chi connectivity index (χ1n) is 7.28. The molecule has 0 saturated carbocycles. The number of aromatic nitrogens is 2. The summed E-state index contributed by atoms with van der Waals surface area (Å²) >= 11 is 0. The van der Waals surface area contributed by atoms with Crippen molar-refractivity contribution in [2.24, 2.45) is 0 Å². The Kier molecular flexibility index (Phi) is 7.28. The van der Waals surface area contributed by atoms with E-state index in [9.17, 15) is 4.79 Å². The van der Waals surface area contributed by atoms with Crippen LogP contribution in [0.4, 0.5) is 11.6 Å². The summed E-state index contributed by atoms with van der Waals surface area (Å²) in [5, 5.41) is 9.13. The number of carbonyl (C=O) groups is 1. The Bertz CT molecular complexity index is 453. The van der Waals surface area contributed by atoms with Crippen LogP contribution >= 0.6 is 0 Å². The smallest absolute Gasteiger partial charge is 0.221 e. The topological polar surface area (TPSA) is 88.2 Å². The van der Waals surface area contributed by atoms with Gasteiger partial charge in [0.2, 0.25) is 11.7 Å². The van der Waals surface area contributed by atoms with Gasteiger partial charge in [-0.25, -0.2) is 9.97 Å². The van der Waals surface area contributed by atoms with Crippen LogP contribution < -0.4 is 20.7 Å². The highest BCUT2D eigenvalue weighted by Crippen LogP contribution is 2.28. The molecule has 7 nitrogen and oxygen atoms in total. The lowest BCUT2D eigenvalue weighted by Gasteiger charge is -2.14. The number of anilines is 2. The second kappa shape index (κ2) is 8.99. The quantitative estimate of drug-likeness (QED) is 0.642. The van der Waals surface area contributed by atoms with Crippen molar-refractivity contribution >= 4 is 17.5 Å². The van der Waals surface area contributed by atoms with E-state index in [0.29, 0.717) is 30.4 Å². The van der Waals surface area contributed by atoms with Crippen LogP contribution in [0.5, 0.6) is 5.75 Å². The average Bonchev–Trinajstić information content (AvgIpc) is 2.47. The van der Waals surface area contributed by atoms with Gasteiger partial charge in [0, 0.05) is 25.6 Å². The zero-order valence-electron chi connectivity index (χ0n) is 13.2. The maximum atomic E-state index is 11.7. The summed E-state index contributed by atoms with van der Waals surface area (Å²) in [7, 11) is 1.57. The van der Waals surface area contributed by atoms with Crippen LogP contribution in [0, 0.1) is 0 Å². The van der Waals surface area contributed by atoms with E-state index >= 15 is 0 Å². The molecule has 0 aromatic carbocycles. The van der Waals surface area contributed by atoms with Crippen molar-refractivity contribution in [1.29, 1.82) is 0 Å². The van der Waals surface area contributed by atoms with Gasteiger partial charge in [0.05, 0.1) is 7.11 Å². The summed E-state index contributed by atoms with van der Waals surface area (Å²) in [5.74, 6) is 1.81. The Morgan fingerprint density at radius 1 is 1.29 bits per heavy atom. The van der Waals surface area contributed by atoms with Gasteiger partial charge in [-0.05, 0) is 20.3 Å². The Morgan fingerprint density at radius 3 is 2.52 bits per heavy atom. The van der Waals surface area contributed by atoms with Crippen molar-refractivity contribution in [2.45, 2.75) is 39.7 Å². The number of methoxy groups -OCH3 is 1. The fraction of sp³-hybridized carbons (Fsp3) is 0.643. The van der Waals surface area contributed by atoms with E-state index in [2.05, 4.69) is 25.9 Å². The first-order valence-corrected chi connectivity index (χ1v) is 7.28. The number of amides is 1. The van der Waals surface area contributed by atoms with Gasteiger partial charge in [0.25, 0.3) is 0 Å². The highest BCUT2D eigenvalue weighted by Gasteiger charge is 2.12. The van der Waals surface area contributed by atoms with Crippen LogP contribution in [0.25, 0.3) is 0 Å². The number of hydrogen-bond acceptors (Lipinski definition) is 6. The molecule has 1 unspecified atom stereocenters.